The molecule has 1 amide bonds. The van der Waals surface area contributed by atoms with Crippen molar-refractivity contribution < 1.29 is 9.53 Å². The largest absolute Gasteiger partial charge is 0.367 e. The molecule has 3 aromatic rings. The van der Waals surface area contributed by atoms with Crippen molar-refractivity contribution in [2.24, 2.45) is 0 Å². The normalized spacial score (nSPS) is 14.4. The van der Waals surface area contributed by atoms with E-state index >= 15 is 0 Å². The van der Waals surface area contributed by atoms with Crippen molar-refractivity contribution in [3.8, 4) is 11.3 Å². The van der Waals surface area contributed by atoms with Crippen LogP contribution in [-0.2, 0) is 16.1 Å². The summed E-state index contributed by atoms with van der Waals surface area (Å²) in [5, 5.41) is 6.07. The van der Waals surface area contributed by atoms with Crippen LogP contribution in [0.1, 0.15) is 37.7 Å². The van der Waals surface area contributed by atoms with Gasteiger partial charge in [-0.3, -0.25) is 4.79 Å². The van der Waals surface area contributed by atoms with E-state index < -0.39 is 0 Å². The van der Waals surface area contributed by atoms with Gasteiger partial charge in [-0.15, -0.1) is 11.3 Å². The molecule has 1 heterocycles. The summed E-state index contributed by atoms with van der Waals surface area (Å²) < 4.78 is 5.50. The standard InChI is InChI=1S/C25H29N3O2S/c1-28(22-10-6-3-7-11-22)25-27-23(18-31-25)20-12-14-21(15-13-20)26-24(29)17-30-16-19-8-4-2-5-9-19/h2,4-5,8-9,12-15,18,22H,3,6-7,10-11,16-17H2,1H3,(H,26,29). The maximum atomic E-state index is 12.1. The molecule has 31 heavy (non-hydrogen) atoms. The van der Waals surface area contributed by atoms with Crippen LogP contribution in [0.2, 0.25) is 0 Å². The number of rotatable bonds is 8. The Hall–Kier alpha value is -2.70. The number of benzene rings is 2. The summed E-state index contributed by atoms with van der Waals surface area (Å²) >= 11 is 1.70. The lowest BCUT2D eigenvalue weighted by Gasteiger charge is -2.30. The molecule has 0 aliphatic heterocycles. The van der Waals surface area contributed by atoms with E-state index in [1.807, 2.05) is 54.6 Å². The molecule has 4 rings (SSSR count). The van der Waals surface area contributed by atoms with Gasteiger partial charge in [0.05, 0.1) is 12.3 Å². The number of aromatic nitrogens is 1. The second-order valence-corrected chi connectivity index (χ2v) is 8.86. The number of thiazole rings is 1. The quantitative estimate of drug-likeness (QED) is 0.491. The molecule has 0 spiro atoms. The molecule has 1 saturated carbocycles. The molecule has 2 aromatic carbocycles. The fraction of sp³-hybridized carbons (Fsp3) is 0.360. The molecule has 1 aromatic heterocycles. The number of ether oxygens (including phenoxy) is 1. The van der Waals surface area contributed by atoms with Gasteiger partial charge >= 0.3 is 0 Å². The number of hydrogen-bond acceptors (Lipinski definition) is 5. The van der Waals surface area contributed by atoms with Crippen molar-refractivity contribution in [3.63, 3.8) is 0 Å². The Morgan fingerprint density at radius 2 is 1.84 bits per heavy atom. The van der Waals surface area contributed by atoms with Gasteiger partial charge in [-0.05, 0) is 30.5 Å². The summed E-state index contributed by atoms with van der Waals surface area (Å²) in [5.41, 5.74) is 3.84. The first-order valence-electron chi connectivity index (χ1n) is 10.9. The number of nitrogens with one attached hydrogen (secondary N) is 1. The lowest BCUT2D eigenvalue weighted by molar-refractivity contribution is -0.121. The summed E-state index contributed by atoms with van der Waals surface area (Å²) in [6.45, 7) is 0.453. The molecule has 0 unspecified atom stereocenters. The van der Waals surface area contributed by atoms with Gasteiger partial charge in [0, 0.05) is 29.7 Å². The Kier molecular flexibility index (Phi) is 7.33. The Labute approximate surface area is 188 Å². The van der Waals surface area contributed by atoms with Crippen LogP contribution in [0.4, 0.5) is 10.8 Å². The highest BCUT2D eigenvalue weighted by Crippen LogP contribution is 2.31. The second kappa shape index (κ2) is 10.6. The summed E-state index contributed by atoms with van der Waals surface area (Å²) in [6.07, 6.45) is 6.51. The Balaban J connectivity index is 1.29. The molecule has 0 atom stereocenters. The highest BCUT2D eigenvalue weighted by atomic mass is 32.1. The third-order valence-corrected chi connectivity index (χ3v) is 6.66. The predicted molar refractivity (Wildman–Crippen MR) is 128 cm³/mol. The Morgan fingerprint density at radius 1 is 1.10 bits per heavy atom. The fourth-order valence-electron chi connectivity index (χ4n) is 3.94. The molecule has 0 radical (unpaired) electrons. The van der Waals surface area contributed by atoms with Crippen molar-refractivity contribution in [1.82, 2.24) is 4.98 Å². The molecule has 0 saturated heterocycles. The van der Waals surface area contributed by atoms with Gasteiger partial charge in [-0.1, -0.05) is 61.7 Å². The van der Waals surface area contributed by atoms with E-state index in [9.17, 15) is 4.79 Å². The molecule has 6 heteroatoms. The van der Waals surface area contributed by atoms with E-state index in [4.69, 9.17) is 9.72 Å². The summed E-state index contributed by atoms with van der Waals surface area (Å²) in [7, 11) is 2.16. The van der Waals surface area contributed by atoms with Crippen LogP contribution in [0, 0.1) is 0 Å². The highest BCUT2D eigenvalue weighted by Gasteiger charge is 2.20. The van der Waals surface area contributed by atoms with Crippen LogP contribution < -0.4 is 10.2 Å². The number of anilines is 2. The van der Waals surface area contributed by atoms with Crippen LogP contribution in [0.15, 0.2) is 60.0 Å². The van der Waals surface area contributed by atoms with Crippen LogP contribution in [0.3, 0.4) is 0 Å². The first-order valence-corrected chi connectivity index (χ1v) is 11.8. The number of nitrogens with zero attached hydrogens (tertiary/aromatic N) is 2. The molecule has 1 fully saturated rings. The van der Waals surface area contributed by atoms with Gasteiger partial charge in [-0.2, -0.15) is 0 Å². The molecule has 1 N–H and O–H groups in total. The van der Waals surface area contributed by atoms with Crippen LogP contribution in [0.25, 0.3) is 11.3 Å². The van der Waals surface area contributed by atoms with Crippen LogP contribution in [-0.4, -0.2) is 30.6 Å². The van der Waals surface area contributed by atoms with Crippen LogP contribution >= 0.6 is 11.3 Å². The molecule has 1 aliphatic rings. The number of carbonyl (C=O) groups is 1. The lowest BCUT2D eigenvalue weighted by atomic mass is 9.95. The maximum Gasteiger partial charge on any atom is 0.250 e. The van der Waals surface area contributed by atoms with E-state index in [1.54, 1.807) is 11.3 Å². The van der Waals surface area contributed by atoms with E-state index in [1.165, 1.54) is 32.1 Å². The van der Waals surface area contributed by atoms with Gasteiger partial charge in [0.15, 0.2) is 5.13 Å². The average molecular weight is 436 g/mol. The van der Waals surface area contributed by atoms with Crippen molar-refractivity contribution >= 4 is 28.1 Å². The van der Waals surface area contributed by atoms with Gasteiger partial charge in [0.2, 0.25) is 5.91 Å². The van der Waals surface area contributed by atoms with E-state index in [0.717, 1.165) is 27.6 Å². The van der Waals surface area contributed by atoms with Crippen molar-refractivity contribution in [2.75, 3.05) is 23.9 Å². The SMILES string of the molecule is CN(c1nc(-c2ccc(NC(=O)COCc3ccccc3)cc2)cs1)C1CCCCC1. The lowest BCUT2D eigenvalue weighted by Crippen LogP contribution is -2.33. The molecule has 162 valence electrons. The van der Waals surface area contributed by atoms with E-state index in [-0.39, 0.29) is 12.5 Å². The number of amides is 1. The van der Waals surface area contributed by atoms with E-state index in [0.29, 0.717) is 12.6 Å². The minimum atomic E-state index is -0.159. The summed E-state index contributed by atoms with van der Waals surface area (Å²) in [4.78, 5) is 19.3. The summed E-state index contributed by atoms with van der Waals surface area (Å²) in [5.74, 6) is -0.159. The molecular formula is C25H29N3O2S. The first kappa shape index (κ1) is 21.5. The number of carbonyl (C=O) groups excluding carboxylic acids is 1. The highest BCUT2D eigenvalue weighted by molar-refractivity contribution is 7.14. The van der Waals surface area contributed by atoms with Crippen LogP contribution in [0.5, 0.6) is 0 Å². The molecule has 5 nitrogen and oxygen atoms in total. The van der Waals surface area contributed by atoms with Gasteiger partial charge < -0.3 is 15.0 Å². The zero-order valence-corrected chi connectivity index (χ0v) is 18.7. The van der Waals surface area contributed by atoms with Crippen molar-refractivity contribution in [3.05, 3.63) is 65.5 Å². The van der Waals surface area contributed by atoms with Crippen molar-refractivity contribution in [2.45, 2.75) is 44.8 Å². The zero-order valence-electron chi connectivity index (χ0n) is 17.9. The Morgan fingerprint density at radius 3 is 2.58 bits per heavy atom. The molecular weight excluding hydrogens is 406 g/mol. The van der Waals surface area contributed by atoms with Gasteiger partial charge in [-0.25, -0.2) is 4.98 Å². The minimum absolute atomic E-state index is 0.0274. The third kappa shape index (κ3) is 5.93. The third-order valence-electron chi connectivity index (χ3n) is 5.73. The zero-order chi connectivity index (χ0) is 21.5. The number of hydrogen-bond donors (Lipinski definition) is 1. The Bertz CT molecular complexity index is 966. The average Bonchev–Trinajstić information content (AvgIpc) is 3.31. The van der Waals surface area contributed by atoms with Crippen molar-refractivity contribution in [1.29, 1.82) is 0 Å². The minimum Gasteiger partial charge on any atom is -0.367 e. The first-order chi connectivity index (χ1) is 15.2. The molecule has 1 aliphatic carbocycles. The monoisotopic (exact) mass is 435 g/mol. The van der Waals surface area contributed by atoms with Gasteiger partial charge in [0.25, 0.3) is 0 Å². The predicted octanol–water partition coefficient (Wildman–Crippen LogP) is 5.73. The van der Waals surface area contributed by atoms with Gasteiger partial charge in [0.1, 0.15) is 6.61 Å². The smallest absolute Gasteiger partial charge is 0.250 e. The molecule has 0 bridgehead atoms. The van der Waals surface area contributed by atoms with E-state index in [2.05, 4.69) is 22.6 Å². The fourth-order valence-corrected chi connectivity index (χ4v) is 4.81. The second-order valence-electron chi connectivity index (χ2n) is 8.02. The maximum absolute atomic E-state index is 12.1. The topological polar surface area (TPSA) is 54.5 Å². The summed E-state index contributed by atoms with van der Waals surface area (Å²) in [6, 6.07) is 18.3.